The Kier molecular flexibility index (Phi) is 6.11. The van der Waals surface area contributed by atoms with Crippen molar-refractivity contribution in [3.8, 4) is 17.4 Å². The molecule has 4 aromatic rings. The number of nitrogens with zero attached hydrogens (tertiary/aromatic N) is 5. The van der Waals surface area contributed by atoms with Crippen LogP contribution in [-0.2, 0) is 6.42 Å². The minimum absolute atomic E-state index is 0.00542. The first-order chi connectivity index (χ1) is 15.0. The number of amides is 1. The van der Waals surface area contributed by atoms with E-state index in [-0.39, 0.29) is 11.8 Å². The van der Waals surface area contributed by atoms with E-state index in [4.69, 9.17) is 27.9 Å². The molecule has 2 aromatic carbocycles. The van der Waals surface area contributed by atoms with E-state index in [1.807, 2.05) is 6.92 Å². The fraction of sp³-hybridized carbons (Fsp3) is 0.0952. The summed E-state index contributed by atoms with van der Waals surface area (Å²) in [6.07, 6.45) is 3.71. The highest BCUT2D eigenvalue weighted by atomic mass is 35.5. The number of anilines is 1. The minimum Gasteiger partial charge on any atom is -0.424 e. The van der Waals surface area contributed by atoms with Crippen LogP contribution in [0.25, 0.3) is 5.69 Å². The molecule has 156 valence electrons. The summed E-state index contributed by atoms with van der Waals surface area (Å²) >= 11 is 12.6. The lowest BCUT2D eigenvalue weighted by Crippen LogP contribution is -2.14. The van der Waals surface area contributed by atoms with E-state index >= 15 is 0 Å². The molecule has 2 heterocycles. The van der Waals surface area contributed by atoms with Crippen molar-refractivity contribution in [1.82, 2.24) is 24.7 Å². The first kappa shape index (κ1) is 20.8. The summed E-state index contributed by atoms with van der Waals surface area (Å²) < 4.78 is 7.04. The van der Waals surface area contributed by atoms with E-state index in [9.17, 15) is 4.79 Å². The summed E-state index contributed by atoms with van der Waals surface area (Å²) in [7, 11) is 0. The van der Waals surface area contributed by atoms with Gasteiger partial charge in [0.15, 0.2) is 0 Å². The van der Waals surface area contributed by atoms with Crippen molar-refractivity contribution < 1.29 is 9.53 Å². The highest BCUT2D eigenvalue weighted by Crippen LogP contribution is 2.29. The van der Waals surface area contributed by atoms with Crippen molar-refractivity contribution in [2.75, 3.05) is 5.32 Å². The third kappa shape index (κ3) is 4.65. The van der Waals surface area contributed by atoms with Gasteiger partial charge in [0, 0.05) is 24.5 Å². The molecule has 0 saturated carbocycles. The van der Waals surface area contributed by atoms with Crippen molar-refractivity contribution in [3.63, 3.8) is 0 Å². The number of hydrogen-bond acceptors (Lipinski definition) is 6. The number of benzene rings is 2. The third-order valence-corrected chi connectivity index (χ3v) is 4.82. The number of rotatable bonds is 6. The number of aryl methyl sites for hydroxylation is 1. The number of ether oxygens (including phenoxy) is 1. The molecule has 31 heavy (non-hydrogen) atoms. The second-order valence-corrected chi connectivity index (χ2v) is 7.11. The fourth-order valence-electron chi connectivity index (χ4n) is 2.78. The summed E-state index contributed by atoms with van der Waals surface area (Å²) in [5, 5.41) is 7.92. The molecular formula is C21H16Cl2N6O2. The number of hydrogen-bond donors (Lipinski definition) is 1. The van der Waals surface area contributed by atoms with Gasteiger partial charge in [-0.15, -0.1) is 5.10 Å². The van der Waals surface area contributed by atoms with Crippen LogP contribution in [0.1, 0.15) is 23.4 Å². The van der Waals surface area contributed by atoms with E-state index in [2.05, 4.69) is 25.4 Å². The summed E-state index contributed by atoms with van der Waals surface area (Å²) in [4.78, 5) is 25.0. The van der Waals surface area contributed by atoms with Gasteiger partial charge in [0.25, 0.3) is 5.91 Å². The molecule has 1 amide bonds. The molecule has 2 aromatic heterocycles. The molecule has 1 N–H and O–H groups in total. The standard InChI is InChI=1S/C21H16Cl2N6O2/c1-2-17-27-19(28-29(17)18-15(22)5-3-6-16(18)23)20(30)26-13-7-9-14(10-8-13)31-21-24-11-4-12-25-21/h3-12H,2H2,1H3,(H,26,30). The molecule has 0 saturated heterocycles. The van der Waals surface area contributed by atoms with Gasteiger partial charge in [-0.25, -0.2) is 19.6 Å². The van der Waals surface area contributed by atoms with E-state index in [1.54, 1.807) is 60.9 Å². The molecule has 0 aliphatic rings. The van der Waals surface area contributed by atoms with Gasteiger partial charge in [0.2, 0.25) is 5.82 Å². The van der Waals surface area contributed by atoms with E-state index < -0.39 is 5.91 Å². The first-order valence-electron chi connectivity index (χ1n) is 9.31. The predicted molar refractivity (Wildman–Crippen MR) is 117 cm³/mol. The Bertz CT molecular complexity index is 1190. The average Bonchev–Trinajstić information content (AvgIpc) is 3.20. The summed E-state index contributed by atoms with van der Waals surface area (Å²) in [6.45, 7) is 1.90. The van der Waals surface area contributed by atoms with Crippen LogP contribution in [0.15, 0.2) is 60.9 Å². The summed E-state index contributed by atoms with van der Waals surface area (Å²) in [6, 6.07) is 13.8. The maximum Gasteiger partial charge on any atom is 0.321 e. The van der Waals surface area contributed by atoms with Gasteiger partial charge in [0.05, 0.1) is 10.0 Å². The molecule has 8 nitrogen and oxygen atoms in total. The van der Waals surface area contributed by atoms with Gasteiger partial charge in [0.1, 0.15) is 17.3 Å². The van der Waals surface area contributed by atoms with Crippen LogP contribution in [0, 0.1) is 0 Å². The van der Waals surface area contributed by atoms with E-state index in [0.29, 0.717) is 39.4 Å². The lowest BCUT2D eigenvalue weighted by Gasteiger charge is -2.08. The fourth-order valence-corrected chi connectivity index (χ4v) is 3.33. The summed E-state index contributed by atoms with van der Waals surface area (Å²) in [5.74, 6) is 0.641. The van der Waals surface area contributed by atoms with Gasteiger partial charge in [-0.2, -0.15) is 0 Å². The SMILES string of the molecule is CCc1nc(C(=O)Nc2ccc(Oc3ncccn3)cc2)nn1-c1c(Cl)cccc1Cl. The lowest BCUT2D eigenvalue weighted by molar-refractivity contribution is 0.101. The smallest absolute Gasteiger partial charge is 0.321 e. The molecule has 0 atom stereocenters. The number of carbonyl (C=O) groups is 1. The minimum atomic E-state index is -0.461. The van der Waals surface area contributed by atoms with Crippen molar-refractivity contribution in [1.29, 1.82) is 0 Å². The van der Waals surface area contributed by atoms with Crippen molar-refractivity contribution in [2.45, 2.75) is 13.3 Å². The largest absolute Gasteiger partial charge is 0.424 e. The van der Waals surface area contributed by atoms with Crippen molar-refractivity contribution in [2.24, 2.45) is 0 Å². The zero-order valence-corrected chi connectivity index (χ0v) is 17.8. The van der Waals surface area contributed by atoms with Gasteiger partial charge in [-0.3, -0.25) is 4.79 Å². The lowest BCUT2D eigenvalue weighted by atomic mass is 10.3. The Labute approximate surface area is 187 Å². The van der Waals surface area contributed by atoms with Crippen LogP contribution in [0.2, 0.25) is 10.0 Å². The Morgan fingerprint density at radius 2 is 1.71 bits per heavy atom. The Balaban J connectivity index is 1.52. The Morgan fingerprint density at radius 3 is 2.35 bits per heavy atom. The van der Waals surface area contributed by atoms with Crippen LogP contribution >= 0.6 is 23.2 Å². The molecule has 0 fully saturated rings. The maximum absolute atomic E-state index is 12.7. The highest BCUT2D eigenvalue weighted by Gasteiger charge is 2.19. The third-order valence-electron chi connectivity index (χ3n) is 4.21. The number of aromatic nitrogens is 5. The highest BCUT2D eigenvalue weighted by molar-refractivity contribution is 6.37. The molecule has 0 aliphatic carbocycles. The normalized spacial score (nSPS) is 10.7. The van der Waals surface area contributed by atoms with Gasteiger partial charge < -0.3 is 10.1 Å². The maximum atomic E-state index is 12.7. The number of carbonyl (C=O) groups excluding carboxylic acids is 1. The van der Waals surface area contributed by atoms with Crippen LogP contribution in [0.3, 0.4) is 0 Å². The molecule has 0 bridgehead atoms. The number of halogens is 2. The molecule has 0 radical (unpaired) electrons. The number of nitrogens with one attached hydrogen (secondary N) is 1. The predicted octanol–water partition coefficient (Wildman–Crippen LogP) is 4.97. The van der Waals surface area contributed by atoms with Crippen LogP contribution in [0.5, 0.6) is 11.8 Å². The molecule has 4 rings (SSSR count). The van der Waals surface area contributed by atoms with Gasteiger partial charge in [-0.05, 0) is 42.5 Å². The van der Waals surface area contributed by atoms with Gasteiger partial charge in [-0.1, -0.05) is 36.2 Å². The molecule has 10 heteroatoms. The summed E-state index contributed by atoms with van der Waals surface area (Å²) in [5.41, 5.74) is 1.04. The quantitative estimate of drug-likeness (QED) is 0.441. The van der Waals surface area contributed by atoms with Gasteiger partial charge >= 0.3 is 6.01 Å². The molecule has 0 spiro atoms. The second kappa shape index (κ2) is 9.11. The monoisotopic (exact) mass is 454 g/mol. The molecular weight excluding hydrogens is 439 g/mol. The van der Waals surface area contributed by atoms with E-state index in [1.165, 1.54) is 4.68 Å². The molecule has 0 aliphatic heterocycles. The van der Waals surface area contributed by atoms with Crippen LogP contribution < -0.4 is 10.1 Å². The Hall–Kier alpha value is -3.49. The second-order valence-electron chi connectivity index (χ2n) is 6.30. The van der Waals surface area contributed by atoms with E-state index in [0.717, 1.165) is 0 Å². The van der Waals surface area contributed by atoms with Crippen molar-refractivity contribution in [3.05, 3.63) is 82.6 Å². The Morgan fingerprint density at radius 1 is 1.03 bits per heavy atom. The zero-order valence-electron chi connectivity index (χ0n) is 16.3. The van der Waals surface area contributed by atoms with Crippen LogP contribution in [0.4, 0.5) is 5.69 Å². The first-order valence-corrected chi connectivity index (χ1v) is 10.1. The molecule has 0 unspecified atom stereocenters. The van der Waals surface area contributed by atoms with Crippen LogP contribution in [-0.4, -0.2) is 30.6 Å². The number of para-hydroxylation sites is 1. The zero-order chi connectivity index (χ0) is 21.8. The average molecular weight is 455 g/mol. The topological polar surface area (TPSA) is 94.8 Å². The van der Waals surface area contributed by atoms with Crippen molar-refractivity contribution >= 4 is 34.8 Å².